The predicted octanol–water partition coefficient (Wildman–Crippen LogP) is 4.26. The maximum absolute atomic E-state index is 13.7. The summed E-state index contributed by atoms with van der Waals surface area (Å²) in [6.07, 6.45) is 3.86. The van der Waals surface area contributed by atoms with Crippen molar-refractivity contribution in [2.45, 2.75) is 12.5 Å². The summed E-state index contributed by atoms with van der Waals surface area (Å²) in [6.45, 7) is 0. The SMILES string of the molecule is COc1ccc(NC(=O)CC(c2cccc(F)c2)n2cccc2)c(OC)c1. The Bertz CT molecular complexity index is 910. The van der Waals surface area contributed by atoms with Crippen LogP contribution in [-0.2, 0) is 4.79 Å². The van der Waals surface area contributed by atoms with Gasteiger partial charge in [0.25, 0.3) is 0 Å². The van der Waals surface area contributed by atoms with Crippen molar-refractivity contribution >= 4 is 11.6 Å². The van der Waals surface area contributed by atoms with E-state index in [1.165, 1.54) is 19.2 Å². The molecule has 3 rings (SSSR count). The third-order valence-corrected chi connectivity index (χ3v) is 4.28. The fourth-order valence-electron chi connectivity index (χ4n) is 2.94. The van der Waals surface area contributed by atoms with Gasteiger partial charge in [-0.05, 0) is 42.0 Å². The van der Waals surface area contributed by atoms with Gasteiger partial charge >= 0.3 is 0 Å². The minimum Gasteiger partial charge on any atom is -0.497 e. The first-order valence-corrected chi connectivity index (χ1v) is 8.50. The molecule has 0 bridgehead atoms. The largest absolute Gasteiger partial charge is 0.497 e. The molecule has 1 atom stereocenters. The van der Waals surface area contributed by atoms with Crippen molar-refractivity contribution in [2.24, 2.45) is 0 Å². The second-order valence-corrected chi connectivity index (χ2v) is 6.02. The van der Waals surface area contributed by atoms with E-state index in [9.17, 15) is 9.18 Å². The summed E-state index contributed by atoms with van der Waals surface area (Å²) in [7, 11) is 3.09. The Balaban J connectivity index is 1.81. The van der Waals surface area contributed by atoms with Crippen molar-refractivity contribution in [1.82, 2.24) is 4.57 Å². The summed E-state index contributed by atoms with van der Waals surface area (Å²) in [5.41, 5.74) is 1.27. The number of amides is 1. The molecule has 0 fully saturated rings. The zero-order valence-corrected chi connectivity index (χ0v) is 15.2. The van der Waals surface area contributed by atoms with Crippen molar-refractivity contribution < 1.29 is 18.7 Å². The molecule has 3 aromatic rings. The highest BCUT2D eigenvalue weighted by Gasteiger charge is 2.19. The number of ether oxygens (including phenoxy) is 2. The lowest BCUT2D eigenvalue weighted by Crippen LogP contribution is -2.20. The molecule has 0 saturated carbocycles. The lowest BCUT2D eigenvalue weighted by molar-refractivity contribution is -0.116. The minimum absolute atomic E-state index is 0.146. The average molecular weight is 368 g/mol. The molecule has 1 unspecified atom stereocenters. The maximum Gasteiger partial charge on any atom is 0.226 e. The van der Waals surface area contributed by atoms with Crippen molar-refractivity contribution in [3.05, 3.63) is 78.4 Å². The zero-order chi connectivity index (χ0) is 19.2. The molecule has 1 aromatic heterocycles. The summed E-state index contributed by atoms with van der Waals surface area (Å²) in [4.78, 5) is 12.7. The molecule has 1 amide bonds. The molecule has 0 aliphatic rings. The number of halogens is 1. The number of nitrogens with zero attached hydrogens (tertiary/aromatic N) is 1. The van der Waals surface area contributed by atoms with Crippen LogP contribution >= 0.6 is 0 Å². The molecular formula is C21H21FN2O3. The van der Waals surface area contributed by atoms with Gasteiger partial charge in [-0.3, -0.25) is 4.79 Å². The number of rotatable bonds is 7. The summed E-state index contributed by atoms with van der Waals surface area (Å²) in [5, 5.41) is 2.86. The van der Waals surface area contributed by atoms with E-state index < -0.39 is 0 Å². The standard InChI is InChI=1S/C21H21FN2O3/c1-26-17-8-9-18(20(13-17)27-2)23-21(25)14-19(24-10-3-4-11-24)15-6-5-7-16(22)12-15/h3-13,19H,14H2,1-2H3,(H,23,25). The molecule has 2 aromatic carbocycles. The van der Waals surface area contributed by atoms with Crippen LogP contribution in [0, 0.1) is 5.82 Å². The summed E-state index contributed by atoms with van der Waals surface area (Å²) < 4.78 is 26.1. The Labute approximate surface area is 157 Å². The molecule has 0 radical (unpaired) electrons. The summed E-state index contributed by atoms with van der Waals surface area (Å²) >= 11 is 0. The molecule has 27 heavy (non-hydrogen) atoms. The van der Waals surface area contributed by atoms with Crippen LogP contribution in [0.4, 0.5) is 10.1 Å². The normalized spacial score (nSPS) is 11.7. The van der Waals surface area contributed by atoms with Crippen LogP contribution in [0.3, 0.4) is 0 Å². The molecule has 6 heteroatoms. The van der Waals surface area contributed by atoms with E-state index >= 15 is 0 Å². The van der Waals surface area contributed by atoms with Gasteiger partial charge in [-0.15, -0.1) is 0 Å². The van der Waals surface area contributed by atoms with Crippen LogP contribution in [0.25, 0.3) is 0 Å². The average Bonchev–Trinajstić information content (AvgIpc) is 3.21. The number of hydrogen-bond acceptors (Lipinski definition) is 3. The fraction of sp³-hybridized carbons (Fsp3) is 0.190. The molecule has 0 aliphatic carbocycles. The van der Waals surface area contributed by atoms with Crippen LogP contribution in [-0.4, -0.2) is 24.7 Å². The Kier molecular flexibility index (Phi) is 5.76. The number of hydrogen-bond donors (Lipinski definition) is 1. The molecule has 0 spiro atoms. The van der Waals surface area contributed by atoms with Crippen LogP contribution in [0.15, 0.2) is 67.0 Å². The van der Waals surface area contributed by atoms with Crippen LogP contribution in [0.5, 0.6) is 11.5 Å². The topological polar surface area (TPSA) is 52.5 Å². The van der Waals surface area contributed by atoms with Crippen LogP contribution in [0.1, 0.15) is 18.0 Å². The molecule has 1 N–H and O–H groups in total. The predicted molar refractivity (Wildman–Crippen MR) is 102 cm³/mol. The monoisotopic (exact) mass is 368 g/mol. The smallest absolute Gasteiger partial charge is 0.226 e. The highest BCUT2D eigenvalue weighted by atomic mass is 19.1. The van der Waals surface area contributed by atoms with Crippen molar-refractivity contribution in [3.63, 3.8) is 0 Å². The van der Waals surface area contributed by atoms with Gasteiger partial charge < -0.3 is 19.4 Å². The van der Waals surface area contributed by atoms with Crippen molar-refractivity contribution in [3.8, 4) is 11.5 Å². The van der Waals surface area contributed by atoms with Crippen LogP contribution < -0.4 is 14.8 Å². The number of methoxy groups -OCH3 is 2. The Morgan fingerprint density at radius 2 is 1.85 bits per heavy atom. The van der Waals surface area contributed by atoms with E-state index in [-0.39, 0.29) is 24.2 Å². The molecule has 140 valence electrons. The van der Waals surface area contributed by atoms with Gasteiger partial charge in [0.15, 0.2) is 0 Å². The van der Waals surface area contributed by atoms with Gasteiger partial charge in [0, 0.05) is 18.5 Å². The van der Waals surface area contributed by atoms with Gasteiger partial charge in [-0.2, -0.15) is 0 Å². The third-order valence-electron chi connectivity index (χ3n) is 4.28. The Morgan fingerprint density at radius 3 is 2.52 bits per heavy atom. The quantitative estimate of drug-likeness (QED) is 0.678. The third kappa shape index (κ3) is 4.47. The van der Waals surface area contributed by atoms with Gasteiger partial charge in [0.2, 0.25) is 5.91 Å². The zero-order valence-electron chi connectivity index (χ0n) is 15.2. The highest BCUT2D eigenvalue weighted by Crippen LogP contribution is 2.30. The van der Waals surface area contributed by atoms with E-state index in [0.29, 0.717) is 17.2 Å². The number of benzene rings is 2. The maximum atomic E-state index is 13.7. The van der Waals surface area contributed by atoms with Gasteiger partial charge in [0.05, 0.1) is 32.4 Å². The Morgan fingerprint density at radius 1 is 1.07 bits per heavy atom. The first-order chi connectivity index (χ1) is 13.1. The van der Waals surface area contributed by atoms with Gasteiger partial charge in [-0.1, -0.05) is 12.1 Å². The number of anilines is 1. The number of aromatic nitrogens is 1. The highest BCUT2D eigenvalue weighted by molar-refractivity contribution is 5.93. The second kappa shape index (κ2) is 8.40. The fourth-order valence-corrected chi connectivity index (χ4v) is 2.94. The van der Waals surface area contributed by atoms with E-state index in [2.05, 4.69) is 5.32 Å². The lowest BCUT2D eigenvalue weighted by Gasteiger charge is -2.20. The first kappa shape index (κ1) is 18.5. The minimum atomic E-state index is -0.332. The lowest BCUT2D eigenvalue weighted by atomic mass is 10.0. The number of carbonyl (C=O) groups excluding carboxylic acids is 1. The van der Waals surface area contributed by atoms with E-state index in [4.69, 9.17) is 9.47 Å². The Hall–Kier alpha value is -3.28. The summed E-state index contributed by atoms with van der Waals surface area (Å²) in [6, 6.07) is 14.9. The van der Waals surface area contributed by atoms with E-state index in [0.717, 1.165) is 5.56 Å². The molecular weight excluding hydrogens is 347 g/mol. The van der Waals surface area contributed by atoms with Crippen molar-refractivity contribution in [2.75, 3.05) is 19.5 Å². The molecule has 1 heterocycles. The van der Waals surface area contributed by atoms with E-state index in [1.807, 2.05) is 35.2 Å². The summed E-state index contributed by atoms with van der Waals surface area (Å²) in [5.74, 6) is 0.601. The van der Waals surface area contributed by atoms with E-state index in [1.54, 1.807) is 31.4 Å². The van der Waals surface area contributed by atoms with Gasteiger partial charge in [-0.25, -0.2) is 4.39 Å². The first-order valence-electron chi connectivity index (χ1n) is 8.50. The van der Waals surface area contributed by atoms with Crippen LogP contribution in [0.2, 0.25) is 0 Å². The number of carbonyl (C=O) groups is 1. The van der Waals surface area contributed by atoms with Gasteiger partial charge in [0.1, 0.15) is 17.3 Å². The molecule has 5 nitrogen and oxygen atoms in total. The second-order valence-electron chi connectivity index (χ2n) is 6.02. The van der Waals surface area contributed by atoms with Crippen molar-refractivity contribution in [1.29, 1.82) is 0 Å². The molecule has 0 aliphatic heterocycles. The molecule has 0 saturated heterocycles. The number of nitrogens with one attached hydrogen (secondary N) is 1.